The molecule has 7 heteroatoms. The average molecular weight is 372 g/mol. The zero-order chi connectivity index (χ0) is 18.0. The predicted octanol–water partition coefficient (Wildman–Crippen LogP) is 3.20. The molecule has 5 nitrogen and oxygen atoms in total. The van der Waals surface area contributed by atoms with Crippen LogP contribution >= 0.6 is 11.8 Å². The van der Waals surface area contributed by atoms with Crippen molar-refractivity contribution in [2.24, 2.45) is 0 Å². The van der Waals surface area contributed by atoms with Crippen molar-refractivity contribution in [1.82, 2.24) is 0 Å². The zero-order valence-corrected chi connectivity index (χ0v) is 15.1. The van der Waals surface area contributed by atoms with E-state index in [-0.39, 0.29) is 16.7 Å². The van der Waals surface area contributed by atoms with Crippen molar-refractivity contribution in [2.75, 3.05) is 11.1 Å². The minimum Gasteiger partial charge on any atom is -0.326 e. The van der Waals surface area contributed by atoms with E-state index in [0.29, 0.717) is 11.4 Å². The summed E-state index contributed by atoms with van der Waals surface area (Å²) < 4.78 is 24.3. The van der Waals surface area contributed by atoms with Crippen LogP contribution in [0.4, 0.5) is 5.69 Å². The van der Waals surface area contributed by atoms with Gasteiger partial charge in [-0.25, -0.2) is 8.42 Å². The number of fused-ring (bicyclic) bond motifs is 1. The Kier molecular flexibility index (Phi) is 4.84. The number of rotatable bonds is 4. The van der Waals surface area contributed by atoms with Gasteiger partial charge in [0.1, 0.15) is 5.25 Å². The van der Waals surface area contributed by atoms with Crippen molar-refractivity contribution in [2.45, 2.75) is 27.9 Å². The lowest BCUT2D eigenvalue weighted by molar-refractivity contribution is -0.117. The van der Waals surface area contributed by atoms with E-state index in [1.54, 1.807) is 30.0 Å². The van der Waals surface area contributed by atoms with Crippen LogP contribution in [0.1, 0.15) is 18.4 Å². The van der Waals surface area contributed by atoms with Crippen LogP contribution in [0.3, 0.4) is 0 Å². The van der Waals surface area contributed by atoms with Gasteiger partial charge in [-0.2, -0.15) is 5.26 Å². The number of sulfone groups is 1. The maximum atomic E-state index is 12.5. The van der Waals surface area contributed by atoms with Gasteiger partial charge in [-0.15, -0.1) is 11.8 Å². The normalized spacial score (nSPS) is 17.4. The fourth-order valence-electron chi connectivity index (χ4n) is 2.61. The lowest BCUT2D eigenvalue weighted by Crippen LogP contribution is -2.21. The summed E-state index contributed by atoms with van der Waals surface area (Å²) in [6.07, 6.45) is 0. The quantitative estimate of drug-likeness (QED) is 0.890. The second-order valence-corrected chi connectivity index (χ2v) is 9.06. The van der Waals surface area contributed by atoms with Crippen molar-refractivity contribution in [3.05, 3.63) is 54.1 Å². The molecule has 0 unspecified atom stereocenters. The summed E-state index contributed by atoms with van der Waals surface area (Å²) in [7, 11) is -3.67. The van der Waals surface area contributed by atoms with Crippen molar-refractivity contribution < 1.29 is 13.2 Å². The Bertz CT molecular complexity index is 947. The zero-order valence-electron chi connectivity index (χ0n) is 13.5. The van der Waals surface area contributed by atoms with Crippen LogP contribution in [0.5, 0.6) is 0 Å². The molecule has 1 aliphatic rings. The third-order valence-electron chi connectivity index (χ3n) is 4.11. The molecule has 0 saturated carbocycles. The van der Waals surface area contributed by atoms with Crippen LogP contribution < -0.4 is 5.32 Å². The second kappa shape index (κ2) is 6.90. The third kappa shape index (κ3) is 3.41. The lowest BCUT2D eigenvalue weighted by Gasteiger charge is -2.12. The fraction of sp³-hybridized carbons (Fsp3) is 0.222. The van der Waals surface area contributed by atoms with Gasteiger partial charge in [0, 0.05) is 16.3 Å². The monoisotopic (exact) mass is 372 g/mol. The molecule has 2 atom stereocenters. The molecule has 0 fully saturated rings. The van der Waals surface area contributed by atoms with Crippen LogP contribution in [-0.2, 0) is 14.6 Å². The van der Waals surface area contributed by atoms with E-state index < -0.39 is 15.1 Å². The Balaban J connectivity index is 1.75. The van der Waals surface area contributed by atoms with Crippen LogP contribution in [-0.4, -0.2) is 25.3 Å². The molecular weight excluding hydrogens is 356 g/mol. The molecule has 0 aromatic heterocycles. The first-order chi connectivity index (χ1) is 11.9. The standard InChI is InChI=1S/C18H16N2O3S2/c1-12(10-19)25(22,23)14-8-6-13(7-9-14)20-18(21)16-11-24-17-5-3-2-4-15(16)17/h2-9,12,16H,11H2,1H3,(H,20,21)/t12-,16-/m0/s1. The fourth-order valence-corrected chi connectivity index (χ4v) is 4.90. The molecule has 1 N–H and O–H groups in total. The smallest absolute Gasteiger partial charge is 0.232 e. The van der Waals surface area contributed by atoms with Crippen LogP contribution in [0, 0.1) is 11.3 Å². The van der Waals surface area contributed by atoms with E-state index in [9.17, 15) is 13.2 Å². The number of thioether (sulfide) groups is 1. The predicted molar refractivity (Wildman–Crippen MR) is 97.2 cm³/mol. The highest BCUT2D eigenvalue weighted by molar-refractivity contribution is 7.99. The van der Waals surface area contributed by atoms with Crippen LogP contribution in [0.15, 0.2) is 58.3 Å². The Labute approximate surface area is 151 Å². The largest absolute Gasteiger partial charge is 0.326 e. The molecule has 0 saturated heterocycles. The third-order valence-corrected chi connectivity index (χ3v) is 7.26. The van der Waals surface area contributed by atoms with Gasteiger partial charge in [0.2, 0.25) is 5.91 Å². The summed E-state index contributed by atoms with van der Waals surface area (Å²) in [5.74, 6) is 0.360. The lowest BCUT2D eigenvalue weighted by atomic mass is 10.0. The van der Waals surface area contributed by atoms with E-state index in [1.165, 1.54) is 19.1 Å². The van der Waals surface area contributed by atoms with Gasteiger partial charge in [0.25, 0.3) is 0 Å². The highest BCUT2D eigenvalue weighted by atomic mass is 32.2. The first-order valence-corrected chi connectivity index (χ1v) is 10.2. The molecule has 1 heterocycles. The molecule has 2 aromatic rings. The number of carbonyl (C=O) groups excluding carboxylic acids is 1. The van der Waals surface area contributed by atoms with Gasteiger partial charge in [-0.3, -0.25) is 4.79 Å². The molecule has 25 heavy (non-hydrogen) atoms. The number of nitrogens with zero attached hydrogens (tertiary/aromatic N) is 1. The molecule has 0 radical (unpaired) electrons. The van der Waals surface area contributed by atoms with Gasteiger partial charge in [0.15, 0.2) is 9.84 Å². The summed E-state index contributed by atoms with van der Waals surface area (Å²) in [4.78, 5) is 13.7. The molecule has 0 spiro atoms. The van der Waals surface area contributed by atoms with Gasteiger partial charge in [-0.05, 0) is 42.8 Å². The summed E-state index contributed by atoms with van der Waals surface area (Å²) >= 11 is 1.66. The van der Waals surface area contributed by atoms with E-state index >= 15 is 0 Å². The minimum absolute atomic E-state index is 0.0707. The molecule has 1 amide bonds. The van der Waals surface area contributed by atoms with Crippen molar-refractivity contribution in [3.8, 4) is 6.07 Å². The average Bonchev–Trinajstić information content (AvgIpc) is 3.05. The molecule has 0 aliphatic carbocycles. The summed E-state index contributed by atoms with van der Waals surface area (Å²) in [6, 6.07) is 15.5. The van der Waals surface area contributed by atoms with Crippen LogP contribution in [0.2, 0.25) is 0 Å². The first kappa shape index (κ1) is 17.5. The van der Waals surface area contributed by atoms with Crippen LogP contribution in [0.25, 0.3) is 0 Å². The first-order valence-electron chi connectivity index (χ1n) is 7.69. The van der Waals surface area contributed by atoms with E-state index in [2.05, 4.69) is 5.32 Å². The Morgan fingerprint density at radius 3 is 2.60 bits per heavy atom. The SMILES string of the molecule is C[C@@H](C#N)S(=O)(=O)c1ccc(NC(=O)[C@H]2CSc3ccccc32)cc1. The number of amides is 1. The summed E-state index contributed by atoms with van der Waals surface area (Å²) in [6.45, 7) is 1.35. The van der Waals surface area contributed by atoms with E-state index in [0.717, 1.165) is 10.5 Å². The highest BCUT2D eigenvalue weighted by Gasteiger charge is 2.29. The highest BCUT2D eigenvalue weighted by Crippen LogP contribution is 2.39. The summed E-state index contributed by atoms with van der Waals surface area (Å²) in [5, 5.41) is 10.5. The van der Waals surface area contributed by atoms with E-state index in [1.807, 2.05) is 24.3 Å². The van der Waals surface area contributed by atoms with Gasteiger partial charge >= 0.3 is 0 Å². The molecular formula is C18H16N2O3S2. The number of hydrogen-bond donors (Lipinski definition) is 1. The number of hydrogen-bond acceptors (Lipinski definition) is 5. The molecule has 128 valence electrons. The Hall–Kier alpha value is -2.30. The topological polar surface area (TPSA) is 87.0 Å². The number of nitrogens with one attached hydrogen (secondary N) is 1. The molecule has 3 rings (SSSR count). The summed E-state index contributed by atoms with van der Waals surface area (Å²) in [5.41, 5.74) is 1.55. The number of benzene rings is 2. The van der Waals surface area contributed by atoms with Crippen molar-refractivity contribution in [1.29, 1.82) is 5.26 Å². The second-order valence-electron chi connectivity index (χ2n) is 5.73. The van der Waals surface area contributed by atoms with Crippen molar-refractivity contribution in [3.63, 3.8) is 0 Å². The molecule has 0 bridgehead atoms. The number of anilines is 1. The number of carbonyl (C=O) groups is 1. The van der Waals surface area contributed by atoms with Gasteiger partial charge in [0.05, 0.1) is 16.9 Å². The Morgan fingerprint density at radius 1 is 1.24 bits per heavy atom. The Morgan fingerprint density at radius 2 is 1.92 bits per heavy atom. The van der Waals surface area contributed by atoms with Gasteiger partial charge in [-0.1, -0.05) is 18.2 Å². The minimum atomic E-state index is -3.67. The number of nitriles is 1. The van der Waals surface area contributed by atoms with E-state index in [4.69, 9.17) is 5.26 Å². The maximum absolute atomic E-state index is 12.5. The molecule has 1 aliphatic heterocycles. The maximum Gasteiger partial charge on any atom is 0.232 e. The van der Waals surface area contributed by atoms with Crippen molar-refractivity contribution >= 4 is 33.2 Å². The van der Waals surface area contributed by atoms with Gasteiger partial charge < -0.3 is 5.32 Å². The molecule has 2 aromatic carbocycles.